The van der Waals surface area contributed by atoms with Gasteiger partial charge in [0, 0.05) is 25.3 Å². The molecule has 0 heterocycles. The average molecular weight is 252 g/mol. The molecule has 1 unspecified atom stereocenters. The normalized spacial score (nSPS) is 12.5. The zero-order valence-corrected chi connectivity index (χ0v) is 11.7. The van der Waals surface area contributed by atoms with Crippen LogP contribution >= 0.6 is 0 Å². The SMILES string of the molecule is COCCCC(NN)c1c(C)cc(C)cc1OC. The first-order valence-electron chi connectivity index (χ1n) is 6.24. The summed E-state index contributed by atoms with van der Waals surface area (Å²) in [6.45, 7) is 4.89. The maximum atomic E-state index is 5.67. The molecule has 1 rings (SSSR count). The van der Waals surface area contributed by atoms with E-state index in [-0.39, 0.29) is 6.04 Å². The van der Waals surface area contributed by atoms with Gasteiger partial charge in [-0.3, -0.25) is 11.3 Å². The van der Waals surface area contributed by atoms with E-state index in [4.69, 9.17) is 15.3 Å². The Hall–Kier alpha value is -1.10. The van der Waals surface area contributed by atoms with E-state index in [0.29, 0.717) is 0 Å². The summed E-state index contributed by atoms with van der Waals surface area (Å²) in [5, 5.41) is 0. The molecule has 0 aliphatic heterocycles. The van der Waals surface area contributed by atoms with Gasteiger partial charge in [0.1, 0.15) is 5.75 Å². The Labute approximate surface area is 109 Å². The van der Waals surface area contributed by atoms with Crippen molar-refractivity contribution in [2.75, 3.05) is 20.8 Å². The molecule has 1 aromatic carbocycles. The van der Waals surface area contributed by atoms with E-state index in [2.05, 4.69) is 25.3 Å². The molecule has 0 saturated carbocycles. The zero-order chi connectivity index (χ0) is 13.5. The summed E-state index contributed by atoms with van der Waals surface area (Å²) >= 11 is 0. The van der Waals surface area contributed by atoms with Crippen molar-refractivity contribution in [1.82, 2.24) is 5.43 Å². The molecule has 0 fully saturated rings. The van der Waals surface area contributed by atoms with Crippen LogP contribution in [0.5, 0.6) is 5.75 Å². The zero-order valence-electron chi connectivity index (χ0n) is 11.7. The summed E-state index contributed by atoms with van der Waals surface area (Å²) in [4.78, 5) is 0. The van der Waals surface area contributed by atoms with Crippen molar-refractivity contribution in [2.45, 2.75) is 32.7 Å². The first-order chi connectivity index (χ1) is 8.63. The molecule has 0 aromatic heterocycles. The lowest BCUT2D eigenvalue weighted by Gasteiger charge is -2.21. The van der Waals surface area contributed by atoms with Crippen molar-refractivity contribution in [3.8, 4) is 5.75 Å². The second-order valence-corrected chi connectivity index (χ2v) is 4.55. The number of hydrogen-bond acceptors (Lipinski definition) is 4. The molecule has 4 nitrogen and oxygen atoms in total. The highest BCUT2D eigenvalue weighted by Gasteiger charge is 2.17. The Kier molecular flexibility index (Phi) is 6.12. The summed E-state index contributed by atoms with van der Waals surface area (Å²) in [5.74, 6) is 6.57. The van der Waals surface area contributed by atoms with Crippen LogP contribution in [0, 0.1) is 13.8 Å². The highest BCUT2D eigenvalue weighted by atomic mass is 16.5. The standard InChI is InChI=1S/C14H24N2O2/c1-10-8-11(2)14(13(9-10)18-4)12(16-15)6-5-7-17-3/h8-9,12,16H,5-7,15H2,1-4H3. The van der Waals surface area contributed by atoms with Gasteiger partial charge in [-0.25, -0.2) is 0 Å². The van der Waals surface area contributed by atoms with Crippen LogP contribution in [0.3, 0.4) is 0 Å². The van der Waals surface area contributed by atoms with E-state index < -0.39 is 0 Å². The minimum absolute atomic E-state index is 0.0932. The fourth-order valence-electron chi connectivity index (χ4n) is 2.30. The van der Waals surface area contributed by atoms with Crippen LogP contribution < -0.4 is 16.0 Å². The van der Waals surface area contributed by atoms with Crippen molar-refractivity contribution < 1.29 is 9.47 Å². The van der Waals surface area contributed by atoms with Gasteiger partial charge in [-0.2, -0.15) is 0 Å². The lowest BCUT2D eigenvalue weighted by atomic mass is 9.95. The van der Waals surface area contributed by atoms with Crippen LogP contribution in [0.15, 0.2) is 12.1 Å². The summed E-state index contributed by atoms with van der Waals surface area (Å²) in [6.07, 6.45) is 1.88. The van der Waals surface area contributed by atoms with Crippen molar-refractivity contribution >= 4 is 0 Å². The molecule has 0 radical (unpaired) electrons. The van der Waals surface area contributed by atoms with Gasteiger partial charge < -0.3 is 9.47 Å². The first kappa shape index (κ1) is 15.0. The molecule has 0 bridgehead atoms. The number of methoxy groups -OCH3 is 2. The molecule has 18 heavy (non-hydrogen) atoms. The molecule has 0 amide bonds. The van der Waals surface area contributed by atoms with Gasteiger partial charge >= 0.3 is 0 Å². The fourth-order valence-corrected chi connectivity index (χ4v) is 2.30. The van der Waals surface area contributed by atoms with E-state index in [1.807, 2.05) is 6.07 Å². The lowest BCUT2D eigenvalue weighted by Crippen LogP contribution is -2.29. The second kappa shape index (κ2) is 7.36. The molecular formula is C14H24N2O2. The Balaban J connectivity index is 2.96. The number of aryl methyl sites for hydroxylation is 2. The van der Waals surface area contributed by atoms with Crippen molar-refractivity contribution in [3.63, 3.8) is 0 Å². The minimum Gasteiger partial charge on any atom is -0.496 e. The Morgan fingerprint density at radius 3 is 2.56 bits per heavy atom. The summed E-state index contributed by atoms with van der Waals surface area (Å²) in [6, 6.07) is 4.29. The van der Waals surface area contributed by atoms with Gasteiger partial charge in [0.2, 0.25) is 0 Å². The summed E-state index contributed by atoms with van der Waals surface area (Å²) in [5.41, 5.74) is 6.41. The number of benzene rings is 1. The summed E-state index contributed by atoms with van der Waals surface area (Å²) in [7, 11) is 3.41. The Morgan fingerprint density at radius 2 is 2.00 bits per heavy atom. The Bertz CT molecular complexity index is 380. The minimum atomic E-state index is 0.0932. The number of nitrogens with two attached hydrogens (primary N) is 1. The van der Waals surface area contributed by atoms with Crippen molar-refractivity contribution in [2.24, 2.45) is 5.84 Å². The molecule has 3 N–H and O–H groups in total. The molecule has 1 atom stereocenters. The number of hydrogen-bond donors (Lipinski definition) is 2. The largest absolute Gasteiger partial charge is 0.496 e. The number of ether oxygens (including phenoxy) is 2. The van der Waals surface area contributed by atoms with Crippen LogP contribution in [0.2, 0.25) is 0 Å². The van der Waals surface area contributed by atoms with Gasteiger partial charge in [-0.05, 0) is 43.9 Å². The third-order valence-corrected chi connectivity index (χ3v) is 3.10. The van der Waals surface area contributed by atoms with Gasteiger partial charge in [-0.1, -0.05) is 6.07 Å². The van der Waals surface area contributed by atoms with E-state index in [9.17, 15) is 0 Å². The third kappa shape index (κ3) is 3.70. The molecule has 102 valence electrons. The van der Waals surface area contributed by atoms with Gasteiger partial charge in [0.05, 0.1) is 7.11 Å². The molecular weight excluding hydrogens is 228 g/mol. The van der Waals surface area contributed by atoms with Crippen LogP contribution in [-0.4, -0.2) is 20.8 Å². The predicted octanol–water partition coefficient (Wildman–Crippen LogP) is 2.24. The number of rotatable bonds is 7. The van der Waals surface area contributed by atoms with E-state index in [1.165, 1.54) is 11.1 Å². The van der Waals surface area contributed by atoms with Crippen LogP contribution in [0.4, 0.5) is 0 Å². The smallest absolute Gasteiger partial charge is 0.124 e. The van der Waals surface area contributed by atoms with Gasteiger partial charge in [0.15, 0.2) is 0 Å². The lowest BCUT2D eigenvalue weighted by molar-refractivity contribution is 0.188. The van der Waals surface area contributed by atoms with Crippen molar-refractivity contribution in [3.05, 3.63) is 28.8 Å². The summed E-state index contributed by atoms with van der Waals surface area (Å²) < 4.78 is 10.5. The van der Waals surface area contributed by atoms with Crippen LogP contribution in [-0.2, 0) is 4.74 Å². The Morgan fingerprint density at radius 1 is 1.28 bits per heavy atom. The quantitative estimate of drug-likeness (QED) is 0.444. The fraction of sp³-hybridized carbons (Fsp3) is 0.571. The van der Waals surface area contributed by atoms with Crippen LogP contribution in [0.1, 0.15) is 35.6 Å². The highest BCUT2D eigenvalue weighted by molar-refractivity contribution is 5.45. The van der Waals surface area contributed by atoms with Crippen LogP contribution in [0.25, 0.3) is 0 Å². The van der Waals surface area contributed by atoms with E-state index in [0.717, 1.165) is 30.8 Å². The highest BCUT2D eigenvalue weighted by Crippen LogP contribution is 2.31. The van der Waals surface area contributed by atoms with Gasteiger partial charge in [0.25, 0.3) is 0 Å². The van der Waals surface area contributed by atoms with Gasteiger partial charge in [-0.15, -0.1) is 0 Å². The van der Waals surface area contributed by atoms with E-state index >= 15 is 0 Å². The molecule has 0 aliphatic carbocycles. The molecule has 0 spiro atoms. The molecule has 4 heteroatoms. The predicted molar refractivity (Wildman–Crippen MR) is 73.6 cm³/mol. The maximum absolute atomic E-state index is 5.67. The molecule has 1 aromatic rings. The molecule has 0 aliphatic rings. The first-order valence-corrected chi connectivity index (χ1v) is 6.24. The maximum Gasteiger partial charge on any atom is 0.124 e. The second-order valence-electron chi connectivity index (χ2n) is 4.55. The third-order valence-electron chi connectivity index (χ3n) is 3.10. The number of nitrogens with one attached hydrogen (secondary N) is 1. The average Bonchev–Trinajstić information content (AvgIpc) is 2.35. The van der Waals surface area contributed by atoms with E-state index in [1.54, 1.807) is 14.2 Å². The monoisotopic (exact) mass is 252 g/mol. The number of hydrazine groups is 1. The topological polar surface area (TPSA) is 56.5 Å². The molecule has 0 saturated heterocycles. The van der Waals surface area contributed by atoms with Crippen molar-refractivity contribution in [1.29, 1.82) is 0 Å².